The van der Waals surface area contributed by atoms with Gasteiger partial charge in [-0.1, -0.05) is 43.6 Å². The molecule has 1 aliphatic heterocycles. The van der Waals surface area contributed by atoms with E-state index >= 15 is 0 Å². The van der Waals surface area contributed by atoms with Crippen LogP contribution in [0.4, 0.5) is 5.69 Å². The fraction of sp³-hybridized carbons (Fsp3) is 0.400. The van der Waals surface area contributed by atoms with Gasteiger partial charge in [-0.05, 0) is 55.2 Å². The number of nitrogens with one attached hydrogen (secondary N) is 1. The number of piperazine rings is 1. The number of aliphatic carboxylic acids is 2. The van der Waals surface area contributed by atoms with E-state index in [0.29, 0.717) is 47.7 Å². The first-order valence-electron chi connectivity index (χ1n) is 11.7. The van der Waals surface area contributed by atoms with Gasteiger partial charge in [0, 0.05) is 36.9 Å². The van der Waals surface area contributed by atoms with Gasteiger partial charge in [0.1, 0.15) is 0 Å². The number of anilines is 1. The summed E-state index contributed by atoms with van der Waals surface area (Å²) >= 11 is 5.97. The topological polar surface area (TPSA) is 144 Å². The fourth-order valence-electron chi connectivity index (χ4n) is 3.66. The highest BCUT2D eigenvalue weighted by Crippen LogP contribution is 2.23. The number of hydrogen-bond donors (Lipinski definition) is 3. The number of nitrogens with zero attached hydrogens (tertiary/aromatic N) is 2. The lowest BCUT2D eigenvalue weighted by Gasteiger charge is -2.36. The maximum absolute atomic E-state index is 13.0. The van der Waals surface area contributed by atoms with Crippen molar-refractivity contribution in [2.45, 2.75) is 44.0 Å². The van der Waals surface area contributed by atoms with Crippen LogP contribution >= 0.6 is 11.6 Å². The second kappa shape index (κ2) is 13.5. The van der Waals surface area contributed by atoms with Gasteiger partial charge in [-0.2, -0.15) is 4.31 Å². The Morgan fingerprint density at radius 3 is 2.03 bits per heavy atom. The molecule has 0 saturated carbocycles. The minimum Gasteiger partial charge on any atom is -0.473 e. The van der Waals surface area contributed by atoms with Crippen molar-refractivity contribution in [2.24, 2.45) is 0 Å². The van der Waals surface area contributed by atoms with E-state index in [1.165, 1.54) is 4.31 Å². The van der Waals surface area contributed by atoms with Crippen molar-refractivity contribution in [3.8, 4) is 0 Å². The monoisotopic (exact) mass is 553 g/mol. The predicted molar refractivity (Wildman–Crippen MR) is 140 cm³/mol. The summed E-state index contributed by atoms with van der Waals surface area (Å²) in [7, 11) is -3.54. The number of carbonyl (C=O) groups excluding carboxylic acids is 1. The molecule has 202 valence electrons. The molecule has 1 saturated heterocycles. The molecule has 2 aromatic rings. The fourth-order valence-corrected chi connectivity index (χ4v) is 5.28. The van der Waals surface area contributed by atoms with Crippen LogP contribution in [0.25, 0.3) is 0 Å². The smallest absolute Gasteiger partial charge is 0.414 e. The van der Waals surface area contributed by atoms with Crippen molar-refractivity contribution in [3.05, 3.63) is 59.1 Å². The van der Waals surface area contributed by atoms with Gasteiger partial charge in [0.2, 0.25) is 15.9 Å². The number of sulfonamides is 1. The maximum Gasteiger partial charge on any atom is 0.414 e. The van der Waals surface area contributed by atoms with E-state index in [-0.39, 0.29) is 11.9 Å². The summed E-state index contributed by atoms with van der Waals surface area (Å²) in [6.07, 6.45) is 1.01. The number of hydrogen-bond acceptors (Lipinski definition) is 6. The first-order chi connectivity index (χ1) is 17.4. The Hall–Kier alpha value is -2.99. The van der Waals surface area contributed by atoms with Gasteiger partial charge in [-0.15, -0.1) is 0 Å². The van der Waals surface area contributed by atoms with Crippen molar-refractivity contribution >= 4 is 45.2 Å². The molecule has 3 N–H and O–H groups in total. The van der Waals surface area contributed by atoms with Crippen molar-refractivity contribution in [1.29, 1.82) is 0 Å². The number of halogens is 1. The molecule has 1 heterocycles. The molecule has 1 fully saturated rings. The minimum atomic E-state index is -3.54. The van der Waals surface area contributed by atoms with E-state index in [1.54, 1.807) is 36.4 Å². The number of carbonyl (C=O) groups is 3. The molecule has 10 nitrogen and oxygen atoms in total. The number of carboxylic acids is 2. The van der Waals surface area contributed by atoms with Crippen molar-refractivity contribution in [3.63, 3.8) is 0 Å². The predicted octanol–water partition coefficient (Wildman–Crippen LogP) is 3.34. The third-order valence-corrected chi connectivity index (χ3v) is 8.32. The summed E-state index contributed by atoms with van der Waals surface area (Å²) < 4.78 is 27.6. The van der Waals surface area contributed by atoms with E-state index in [4.69, 9.17) is 31.4 Å². The van der Waals surface area contributed by atoms with Crippen LogP contribution in [0.15, 0.2) is 53.4 Å². The molecule has 2 aromatic carbocycles. The normalized spacial score (nSPS) is 16.1. The zero-order valence-corrected chi connectivity index (χ0v) is 22.5. The lowest BCUT2D eigenvalue weighted by Crippen LogP contribution is -2.53. The highest BCUT2D eigenvalue weighted by atomic mass is 35.5. The van der Waals surface area contributed by atoms with Crippen molar-refractivity contribution in [2.75, 3.05) is 31.5 Å². The standard InChI is InChI=1S/C23H30ClN3O3S.C2H2O4/c1-4-17(2)19-8-10-22(11-9-19)31(29,30)27-14-12-26(13-15-27)18(3)23(28)25-21-7-5-6-20(24)16-21;3-1(4)2(5)6/h5-11,16-18H,4,12-15H2,1-3H3,(H,25,28);(H,3,4)(H,5,6). The average Bonchev–Trinajstić information content (AvgIpc) is 2.88. The Balaban J connectivity index is 0.000000717. The van der Waals surface area contributed by atoms with Crippen LogP contribution in [-0.2, 0) is 24.4 Å². The summed E-state index contributed by atoms with van der Waals surface area (Å²) in [5.74, 6) is -3.39. The van der Waals surface area contributed by atoms with E-state index in [2.05, 4.69) is 19.2 Å². The van der Waals surface area contributed by atoms with Crippen molar-refractivity contribution in [1.82, 2.24) is 9.21 Å². The average molecular weight is 554 g/mol. The number of amides is 1. The lowest BCUT2D eigenvalue weighted by atomic mass is 9.99. The molecule has 0 aromatic heterocycles. The van der Waals surface area contributed by atoms with E-state index in [9.17, 15) is 13.2 Å². The van der Waals surface area contributed by atoms with Crippen LogP contribution in [-0.4, -0.2) is 77.9 Å². The molecule has 2 unspecified atom stereocenters. The van der Waals surface area contributed by atoms with E-state index in [0.717, 1.165) is 12.0 Å². The van der Waals surface area contributed by atoms with Crippen LogP contribution < -0.4 is 5.32 Å². The van der Waals surface area contributed by atoms with Gasteiger partial charge in [0.15, 0.2) is 0 Å². The Morgan fingerprint density at radius 1 is 0.973 bits per heavy atom. The molecule has 0 aliphatic carbocycles. The van der Waals surface area contributed by atoms with Gasteiger partial charge < -0.3 is 15.5 Å². The lowest BCUT2D eigenvalue weighted by molar-refractivity contribution is -0.159. The van der Waals surface area contributed by atoms with Crippen molar-refractivity contribution < 1.29 is 33.0 Å². The highest BCUT2D eigenvalue weighted by molar-refractivity contribution is 7.89. The Bertz CT molecular complexity index is 1190. The summed E-state index contributed by atoms with van der Waals surface area (Å²) in [5.41, 5.74) is 1.79. The zero-order chi connectivity index (χ0) is 27.8. The maximum atomic E-state index is 13.0. The molecular weight excluding hydrogens is 522 g/mol. The third-order valence-electron chi connectivity index (χ3n) is 6.17. The first-order valence-corrected chi connectivity index (χ1v) is 13.5. The van der Waals surface area contributed by atoms with Gasteiger partial charge >= 0.3 is 11.9 Å². The molecule has 3 rings (SSSR count). The van der Waals surface area contributed by atoms with Gasteiger partial charge in [-0.3, -0.25) is 9.69 Å². The number of benzene rings is 2. The van der Waals surface area contributed by atoms with Gasteiger partial charge in [0.05, 0.1) is 10.9 Å². The molecule has 2 atom stereocenters. The molecule has 0 radical (unpaired) electrons. The van der Waals surface area contributed by atoms with E-state index in [1.807, 2.05) is 24.0 Å². The first kappa shape index (κ1) is 30.2. The highest BCUT2D eigenvalue weighted by Gasteiger charge is 2.32. The molecule has 1 amide bonds. The van der Waals surface area contributed by atoms with Crippen LogP contribution in [0.1, 0.15) is 38.7 Å². The summed E-state index contributed by atoms with van der Waals surface area (Å²) in [4.78, 5) is 33.1. The molecule has 0 spiro atoms. The van der Waals surface area contributed by atoms with Crippen LogP contribution in [0, 0.1) is 0 Å². The second-order valence-corrected chi connectivity index (χ2v) is 11.0. The Kier molecular flexibility index (Phi) is 11.1. The minimum absolute atomic E-state index is 0.140. The van der Waals surface area contributed by atoms with E-state index < -0.39 is 22.0 Å². The molecular formula is C25H32ClN3O7S. The molecule has 1 aliphatic rings. The van der Waals surface area contributed by atoms with Gasteiger partial charge in [-0.25, -0.2) is 18.0 Å². The third kappa shape index (κ3) is 8.53. The summed E-state index contributed by atoms with van der Waals surface area (Å²) in [6, 6.07) is 13.8. The molecule has 12 heteroatoms. The number of carboxylic acid groups (broad SMARTS) is 2. The number of rotatable bonds is 7. The van der Waals surface area contributed by atoms with Crippen LogP contribution in [0.2, 0.25) is 5.02 Å². The SMILES string of the molecule is CCC(C)c1ccc(S(=O)(=O)N2CCN(C(C)C(=O)Nc3cccc(Cl)c3)CC2)cc1.O=C(O)C(=O)O. The summed E-state index contributed by atoms with van der Waals surface area (Å²) in [5, 5.41) is 18.2. The largest absolute Gasteiger partial charge is 0.473 e. The molecule has 37 heavy (non-hydrogen) atoms. The Labute approximate surface area is 221 Å². The van der Waals surface area contributed by atoms with Crippen LogP contribution in [0.5, 0.6) is 0 Å². The summed E-state index contributed by atoms with van der Waals surface area (Å²) in [6.45, 7) is 7.77. The molecule has 0 bridgehead atoms. The Morgan fingerprint density at radius 2 is 1.54 bits per heavy atom. The van der Waals surface area contributed by atoms with Crippen LogP contribution in [0.3, 0.4) is 0 Å². The van der Waals surface area contributed by atoms with Gasteiger partial charge in [0.25, 0.3) is 0 Å². The second-order valence-electron chi connectivity index (χ2n) is 8.60. The zero-order valence-electron chi connectivity index (χ0n) is 20.9. The quantitative estimate of drug-likeness (QED) is 0.443.